The van der Waals surface area contributed by atoms with Crippen LogP contribution in [-0.2, 0) is 4.79 Å². The molecule has 1 aliphatic carbocycles. The molecular formula is C15H30N2O. The maximum absolute atomic E-state index is 11.8. The molecule has 18 heavy (non-hydrogen) atoms. The number of amides is 1. The molecule has 0 aliphatic heterocycles. The standard InChI is InChI=1S/C15H30N2O/c1-11(2)12(3)17-15(18)10-16-13(4)14-8-6-5-7-9-14/h11-14,16H,5-10H2,1-4H3,(H,17,18). The topological polar surface area (TPSA) is 41.1 Å². The highest BCUT2D eigenvalue weighted by Gasteiger charge is 2.20. The van der Waals surface area contributed by atoms with Gasteiger partial charge in [-0.1, -0.05) is 33.1 Å². The van der Waals surface area contributed by atoms with Gasteiger partial charge in [0.05, 0.1) is 6.54 Å². The first-order valence-electron chi connectivity index (χ1n) is 7.53. The Morgan fingerprint density at radius 2 is 1.72 bits per heavy atom. The zero-order chi connectivity index (χ0) is 13.5. The molecule has 3 nitrogen and oxygen atoms in total. The number of rotatable bonds is 6. The highest BCUT2D eigenvalue weighted by molar-refractivity contribution is 5.78. The summed E-state index contributed by atoms with van der Waals surface area (Å²) in [6.45, 7) is 8.99. The summed E-state index contributed by atoms with van der Waals surface area (Å²) >= 11 is 0. The third kappa shape index (κ3) is 5.38. The average molecular weight is 254 g/mol. The summed E-state index contributed by atoms with van der Waals surface area (Å²) < 4.78 is 0. The molecule has 1 aliphatic rings. The van der Waals surface area contributed by atoms with E-state index in [4.69, 9.17) is 0 Å². The Balaban J connectivity index is 2.20. The molecule has 106 valence electrons. The van der Waals surface area contributed by atoms with Crippen LogP contribution in [0.2, 0.25) is 0 Å². The van der Waals surface area contributed by atoms with Crippen LogP contribution in [-0.4, -0.2) is 24.5 Å². The van der Waals surface area contributed by atoms with Crippen molar-refractivity contribution in [3.8, 4) is 0 Å². The lowest BCUT2D eigenvalue weighted by Gasteiger charge is -2.28. The minimum Gasteiger partial charge on any atom is -0.352 e. The normalized spacial score (nSPS) is 20.7. The zero-order valence-electron chi connectivity index (χ0n) is 12.5. The Hall–Kier alpha value is -0.570. The van der Waals surface area contributed by atoms with Gasteiger partial charge in [-0.25, -0.2) is 0 Å². The number of carbonyl (C=O) groups excluding carboxylic acids is 1. The van der Waals surface area contributed by atoms with E-state index in [1.807, 2.05) is 0 Å². The van der Waals surface area contributed by atoms with Crippen LogP contribution in [0.5, 0.6) is 0 Å². The highest BCUT2D eigenvalue weighted by Crippen LogP contribution is 2.26. The van der Waals surface area contributed by atoms with E-state index in [0.717, 1.165) is 5.92 Å². The average Bonchev–Trinajstić information content (AvgIpc) is 2.36. The second-order valence-corrected chi connectivity index (χ2v) is 6.17. The van der Waals surface area contributed by atoms with E-state index in [2.05, 4.69) is 38.3 Å². The van der Waals surface area contributed by atoms with Crippen molar-refractivity contribution >= 4 is 5.91 Å². The smallest absolute Gasteiger partial charge is 0.234 e. The quantitative estimate of drug-likeness (QED) is 0.765. The van der Waals surface area contributed by atoms with E-state index in [1.54, 1.807) is 0 Å². The largest absolute Gasteiger partial charge is 0.352 e. The van der Waals surface area contributed by atoms with Gasteiger partial charge in [-0.3, -0.25) is 4.79 Å². The predicted octanol–water partition coefficient (Wildman–Crippen LogP) is 2.71. The van der Waals surface area contributed by atoms with Crippen molar-refractivity contribution in [2.24, 2.45) is 11.8 Å². The number of hydrogen-bond acceptors (Lipinski definition) is 2. The Bertz CT molecular complexity index is 247. The van der Waals surface area contributed by atoms with Gasteiger partial charge in [0.25, 0.3) is 0 Å². The lowest BCUT2D eigenvalue weighted by atomic mass is 9.84. The van der Waals surface area contributed by atoms with Gasteiger partial charge in [0, 0.05) is 12.1 Å². The van der Waals surface area contributed by atoms with Crippen molar-refractivity contribution in [1.82, 2.24) is 10.6 Å². The summed E-state index contributed by atoms with van der Waals surface area (Å²) in [6.07, 6.45) is 6.73. The molecule has 0 spiro atoms. The van der Waals surface area contributed by atoms with E-state index in [-0.39, 0.29) is 11.9 Å². The fourth-order valence-electron chi connectivity index (χ4n) is 2.53. The van der Waals surface area contributed by atoms with Crippen molar-refractivity contribution in [3.05, 3.63) is 0 Å². The third-order valence-electron chi connectivity index (χ3n) is 4.33. The van der Waals surface area contributed by atoms with Gasteiger partial charge in [0.2, 0.25) is 5.91 Å². The van der Waals surface area contributed by atoms with Crippen LogP contribution in [0, 0.1) is 11.8 Å². The minimum atomic E-state index is 0.124. The Labute approximate surface area is 112 Å². The second kappa shape index (κ2) is 7.78. The van der Waals surface area contributed by atoms with Crippen LogP contribution in [0.3, 0.4) is 0 Å². The molecule has 2 N–H and O–H groups in total. The molecule has 3 heteroatoms. The van der Waals surface area contributed by atoms with Crippen LogP contribution in [0.4, 0.5) is 0 Å². The molecule has 0 aromatic carbocycles. The fraction of sp³-hybridized carbons (Fsp3) is 0.933. The number of nitrogens with one attached hydrogen (secondary N) is 2. The van der Waals surface area contributed by atoms with Crippen molar-refractivity contribution in [3.63, 3.8) is 0 Å². The van der Waals surface area contributed by atoms with Crippen LogP contribution in [0.15, 0.2) is 0 Å². The molecule has 1 saturated carbocycles. The zero-order valence-corrected chi connectivity index (χ0v) is 12.5. The van der Waals surface area contributed by atoms with Gasteiger partial charge in [-0.05, 0) is 38.5 Å². The van der Waals surface area contributed by atoms with Crippen LogP contribution >= 0.6 is 0 Å². The predicted molar refractivity (Wildman–Crippen MR) is 76.5 cm³/mol. The summed E-state index contributed by atoms with van der Waals surface area (Å²) in [4.78, 5) is 11.8. The maximum Gasteiger partial charge on any atom is 0.234 e. The van der Waals surface area contributed by atoms with E-state index in [1.165, 1.54) is 32.1 Å². The molecule has 0 bridgehead atoms. The van der Waals surface area contributed by atoms with Crippen molar-refractivity contribution in [1.29, 1.82) is 0 Å². The Morgan fingerprint density at radius 1 is 1.11 bits per heavy atom. The lowest BCUT2D eigenvalue weighted by Crippen LogP contribution is -2.45. The minimum absolute atomic E-state index is 0.124. The summed E-state index contributed by atoms with van der Waals surface area (Å²) in [6, 6.07) is 0.717. The Morgan fingerprint density at radius 3 is 2.28 bits per heavy atom. The summed E-state index contributed by atoms with van der Waals surface area (Å²) in [5, 5.41) is 6.42. The molecule has 0 aromatic rings. The van der Waals surface area contributed by atoms with Gasteiger partial charge in [-0.15, -0.1) is 0 Å². The van der Waals surface area contributed by atoms with Crippen molar-refractivity contribution < 1.29 is 4.79 Å². The monoisotopic (exact) mass is 254 g/mol. The molecule has 2 unspecified atom stereocenters. The van der Waals surface area contributed by atoms with Crippen LogP contribution in [0.25, 0.3) is 0 Å². The van der Waals surface area contributed by atoms with Gasteiger partial charge in [0.1, 0.15) is 0 Å². The van der Waals surface area contributed by atoms with E-state index in [0.29, 0.717) is 18.5 Å². The molecule has 0 saturated heterocycles. The molecule has 1 fully saturated rings. The van der Waals surface area contributed by atoms with E-state index >= 15 is 0 Å². The molecule has 0 radical (unpaired) electrons. The number of hydrogen-bond donors (Lipinski definition) is 2. The summed E-state index contributed by atoms with van der Waals surface area (Å²) in [5.41, 5.74) is 0. The molecular weight excluding hydrogens is 224 g/mol. The maximum atomic E-state index is 11.8. The lowest BCUT2D eigenvalue weighted by molar-refractivity contribution is -0.121. The van der Waals surface area contributed by atoms with Gasteiger partial charge < -0.3 is 10.6 Å². The van der Waals surface area contributed by atoms with Crippen molar-refractivity contribution in [2.45, 2.75) is 71.9 Å². The summed E-state index contributed by atoms with van der Waals surface area (Å²) in [7, 11) is 0. The summed E-state index contributed by atoms with van der Waals surface area (Å²) in [5.74, 6) is 1.37. The first-order chi connectivity index (χ1) is 8.50. The first-order valence-corrected chi connectivity index (χ1v) is 7.53. The highest BCUT2D eigenvalue weighted by atomic mass is 16.1. The van der Waals surface area contributed by atoms with E-state index in [9.17, 15) is 4.79 Å². The Kier molecular flexibility index (Phi) is 6.69. The SMILES string of the molecule is CC(C)C(C)NC(=O)CNC(C)C1CCCCC1. The van der Waals surface area contributed by atoms with Crippen molar-refractivity contribution in [2.75, 3.05) is 6.54 Å². The second-order valence-electron chi connectivity index (χ2n) is 6.17. The fourth-order valence-corrected chi connectivity index (χ4v) is 2.53. The van der Waals surface area contributed by atoms with Gasteiger partial charge in [0.15, 0.2) is 0 Å². The molecule has 1 rings (SSSR count). The molecule has 0 aromatic heterocycles. The van der Waals surface area contributed by atoms with Crippen LogP contribution < -0.4 is 10.6 Å². The van der Waals surface area contributed by atoms with Crippen LogP contribution in [0.1, 0.15) is 59.8 Å². The first kappa shape index (κ1) is 15.5. The number of carbonyl (C=O) groups is 1. The molecule has 2 atom stereocenters. The molecule has 0 heterocycles. The van der Waals surface area contributed by atoms with E-state index < -0.39 is 0 Å². The third-order valence-corrected chi connectivity index (χ3v) is 4.33. The van der Waals surface area contributed by atoms with Gasteiger partial charge in [-0.2, -0.15) is 0 Å². The molecule has 1 amide bonds. The van der Waals surface area contributed by atoms with Gasteiger partial charge >= 0.3 is 0 Å².